The molecule has 1 aromatic heterocycles. The number of fused-ring (bicyclic) bond motifs is 1. The Morgan fingerprint density at radius 1 is 1.10 bits per heavy atom. The van der Waals surface area contributed by atoms with Gasteiger partial charge in [-0.1, -0.05) is 30.7 Å². The molecule has 2 aromatic carbocycles. The van der Waals surface area contributed by atoms with Gasteiger partial charge in [0.05, 0.1) is 15.1 Å². The van der Waals surface area contributed by atoms with Gasteiger partial charge in [-0.3, -0.25) is 10.1 Å². The SMILES string of the molecule is CCc1ccc2nc(NC(=O)c3ccc(S(=O)(=O)N4CCCCC4)cc3)sc2c1. The van der Waals surface area contributed by atoms with Crippen LogP contribution in [-0.4, -0.2) is 36.7 Å². The number of piperidine rings is 1. The summed E-state index contributed by atoms with van der Waals surface area (Å²) >= 11 is 1.43. The number of nitrogens with zero attached hydrogens (tertiary/aromatic N) is 2. The number of aryl methyl sites for hydroxylation is 1. The van der Waals surface area contributed by atoms with Gasteiger partial charge in [0.25, 0.3) is 5.91 Å². The largest absolute Gasteiger partial charge is 0.298 e. The van der Waals surface area contributed by atoms with Gasteiger partial charge in [0, 0.05) is 18.7 Å². The Morgan fingerprint density at radius 2 is 1.83 bits per heavy atom. The number of rotatable bonds is 5. The van der Waals surface area contributed by atoms with Crippen LogP contribution in [0.3, 0.4) is 0 Å². The Morgan fingerprint density at radius 3 is 2.52 bits per heavy atom. The molecule has 3 aromatic rings. The average molecular weight is 430 g/mol. The number of benzene rings is 2. The molecule has 1 aliphatic rings. The summed E-state index contributed by atoms with van der Waals surface area (Å²) in [6.45, 7) is 3.21. The fourth-order valence-corrected chi connectivity index (χ4v) is 5.89. The van der Waals surface area contributed by atoms with E-state index in [2.05, 4.69) is 23.3 Å². The van der Waals surface area contributed by atoms with Crippen molar-refractivity contribution in [2.75, 3.05) is 18.4 Å². The van der Waals surface area contributed by atoms with Crippen molar-refractivity contribution in [2.45, 2.75) is 37.5 Å². The highest BCUT2D eigenvalue weighted by Crippen LogP contribution is 2.27. The van der Waals surface area contributed by atoms with E-state index in [1.54, 1.807) is 12.1 Å². The lowest BCUT2D eigenvalue weighted by molar-refractivity contribution is 0.102. The van der Waals surface area contributed by atoms with Crippen molar-refractivity contribution < 1.29 is 13.2 Å². The summed E-state index contributed by atoms with van der Waals surface area (Å²) in [4.78, 5) is 17.3. The lowest BCUT2D eigenvalue weighted by Gasteiger charge is -2.25. The van der Waals surface area contributed by atoms with Gasteiger partial charge in [-0.25, -0.2) is 13.4 Å². The molecular formula is C21H23N3O3S2. The van der Waals surface area contributed by atoms with Crippen molar-refractivity contribution in [3.63, 3.8) is 0 Å². The van der Waals surface area contributed by atoms with Crippen LogP contribution in [0.25, 0.3) is 10.2 Å². The summed E-state index contributed by atoms with van der Waals surface area (Å²) < 4.78 is 28.0. The van der Waals surface area contributed by atoms with Crippen LogP contribution in [0.5, 0.6) is 0 Å². The van der Waals surface area contributed by atoms with Gasteiger partial charge in [-0.2, -0.15) is 4.31 Å². The molecule has 0 bridgehead atoms. The highest BCUT2D eigenvalue weighted by Gasteiger charge is 2.26. The first-order valence-corrected chi connectivity index (χ1v) is 12.0. The highest BCUT2D eigenvalue weighted by molar-refractivity contribution is 7.89. The Labute approximate surface area is 174 Å². The molecule has 0 atom stereocenters. The number of carbonyl (C=O) groups is 1. The lowest BCUT2D eigenvalue weighted by Crippen LogP contribution is -2.35. The van der Waals surface area contributed by atoms with Gasteiger partial charge < -0.3 is 0 Å². The molecule has 0 spiro atoms. The van der Waals surface area contributed by atoms with Crippen LogP contribution >= 0.6 is 11.3 Å². The number of thiazole rings is 1. The summed E-state index contributed by atoms with van der Waals surface area (Å²) in [5, 5.41) is 3.35. The molecule has 4 rings (SSSR count). The third kappa shape index (κ3) is 4.19. The fourth-order valence-electron chi connectivity index (χ4n) is 3.44. The zero-order valence-electron chi connectivity index (χ0n) is 16.2. The molecule has 2 heterocycles. The first-order valence-electron chi connectivity index (χ1n) is 9.78. The van der Waals surface area contributed by atoms with Crippen molar-refractivity contribution >= 4 is 42.6 Å². The Balaban J connectivity index is 1.49. The van der Waals surface area contributed by atoms with E-state index in [-0.39, 0.29) is 10.8 Å². The second-order valence-electron chi connectivity index (χ2n) is 7.12. The highest BCUT2D eigenvalue weighted by atomic mass is 32.2. The zero-order chi connectivity index (χ0) is 20.4. The third-order valence-corrected chi connectivity index (χ3v) is 8.00. The number of sulfonamides is 1. The first kappa shape index (κ1) is 20.0. The van der Waals surface area contributed by atoms with E-state index in [0.717, 1.165) is 35.9 Å². The van der Waals surface area contributed by atoms with Crippen LogP contribution in [-0.2, 0) is 16.4 Å². The molecule has 1 N–H and O–H groups in total. The number of amides is 1. The predicted octanol–water partition coefficient (Wildman–Crippen LogP) is 4.29. The minimum atomic E-state index is -3.50. The molecule has 0 saturated carbocycles. The molecule has 8 heteroatoms. The van der Waals surface area contributed by atoms with Crippen molar-refractivity contribution in [2.24, 2.45) is 0 Å². The van der Waals surface area contributed by atoms with E-state index in [1.807, 2.05) is 12.1 Å². The number of nitrogens with one attached hydrogen (secondary N) is 1. The third-order valence-electron chi connectivity index (χ3n) is 5.15. The number of hydrogen-bond acceptors (Lipinski definition) is 5. The van der Waals surface area contributed by atoms with Crippen LogP contribution in [0.2, 0.25) is 0 Å². The summed E-state index contributed by atoms with van der Waals surface area (Å²) in [6, 6.07) is 12.2. The zero-order valence-corrected chi connectivity index (χ0v) is 17.9. The minimum Gasteiger partial charge on any atom is -0.298 e. The molecule has 0 radical (unpaired) electrons. The van der Waals surface area contributed by atoms with Gasteiger partial charge in [0.1, 0.15) is 0 Å². The molecule has 1 saturated heterocycles. The van der Waals surface area contributed by atoms with Crippen LogP contribution < -0.4 is 5.32 Å². The number of anilines is 1. The predicted molar refractivity (Wildman–Crippen MR) is 116 cm³/mol. The summed E-state index contributed by atoms with van der Waals surface area (Å²) in [5.41, 5.74) is 2.48. The van der Waals surface area contributed by atoms with Gasteiger partial charge >= 0.3 is 0 Å². The molecule has 1 amide bonds. The van der Waals surface area contributed by atoms with Crippen molar-refractivity contribution in [1.82, 2.24) is 9.29 Å². The maximum Gasteiger partial charge on any atom is 0.257 e. The van der Waals surface area contributed by atoms with E-state index >= 15 is 0 Å². The number of hydrogen-bond donors (Lipinski definition) is 1. The summed E-state index contributed by atoms with van der Waals surface area (Å²) in [7, 11) is -3.50. The molecule has 6 nitrogen and oxygen atoms in total. The lowest BCUT2D eigenvalue weighted by atomic mass is 10.2. The monoisotopic (exact) mass is 429 g/mol. The van der Waals surface area contributed by atoms with Crippen LogP contribution in [0.1, 0.15) is 42.1 Å². The van der Waals surface area contributed by atoms with E-state index in [1.165, 1.54) is 33.3 Å². The molecule has 152 valence electrons. The van der Waals surface area contributed by atoms with Gasteiger partial charge in [0.2, 0.25) is 10.0 Å². The molecule has 1 fully saturated rings. The van der Waals surface area contributed by atoms with Crippen molar-refractivity contribution in [3.05, 3.63) is 53.6 Å². The number of carbonyl (C=O) groups excluding carboxylic acids is 1. The van der Waals surface area contributed by atoms with Crippen LogP contribution in [0.4, 0.5) is 5.13 Å². The average Bonchev–Trinajstić information content (AvgIpc) is 3.15. The summed E-state index contributed by atoms with van der Waals surface area (Å²) in [5.74, 6) is -0.304. The smallest absolute Gasteiger partial charge is 0.257 e. The maximum absolute atomic E-state index is 12.7. The second kappa shape index (κ2) is 8.22. The quantitative estimate of drug-likeness (QED) is 0.656. The molecular weight excluding hydrogens is 406 g/mol. The Hall–Kier alpha value is -2.29. The van der Waals surface area contributed by atoms with Gasteiger partial charge in [-0.15, -0.1) is 0 Å². The maximum atomic E-state index is 12.7. The Bertz CT molecular complexity index is 1130. The second-order valence-corrected chi connectivity index (χ2v) is 10.1. The fraction of sp³-hybridized carbons (Fsp3) is 0.333. The van der Waals surface area contributed by atoms with Crippen molar-refractivity contribution in [1.29, 1.82) is 0 Å². The van der Waals surface area contributed by atoms with Crippen LogP contribution in [0.15, 0.2) is 47.4 Å². The van der Waals surface area contributed by atoms with Crippen molar-refractivity contribution in [3.8, 4) is 0 Å². The minimum absolute atomic E-state index is 0.225. The Kier molecular flexibility index (Phi) is 5.67. The van der Waals surface area contributed by atoms with E-state index < -0.39 is 10.0 Å². The van der Waals surface area contributed by atoms with Gasteiger partial charge in [0.15, 0.2) is 5.13 Å². The normalized spacial score (nSPS) is 15.5. The number of aromatic nitrogens is 1. The standard InChI is InChI=1S/C21H23N3O3S2/c1-2-15-6-11-18-19(14-15)28-21(22-18)23-20(25)16-7-9-17(10-8-16)29(26,27)24-12-4-3-5-13-24/h6-11,14H,2-5,12-13H2,1H3,(H,22,23,25). The molecule has 1 aliphatic heterocycles. The topological polar surface area (TPSA) is 79.4 Å². The van der Waals surface area contributed by atoms with E-state index in [0.29, 0.717) is 23.8 Å². The molecule has 0 unspecified atom stereocenters. The van der Waals surface area contributed by atoms with E-state index in [9.17, 15) is 13.2 Å². The van der Waals surface area contributed by atoms with Crippen LogP contribution in [0, 0.1) is 0 Å². The first-order chi connectivity index (χ1) is 14.0. The summed E-state index contributed by atoms with van der Waals surface area (Å²) in [6.07, 6.45) is 3.79. The molecule has 0 aliphatic carbocycles. The molecule has 29 heavy (non-hydrogen) atoms. The van der Waals surface area contributed by atoms with Gasteiger partial charge in [-0.05, 0) is 61.2 Å². The van der Waals surface area contributed by atoms with E-state index in [4.69, 9.17) is 0 Å².